The van der Waals surface area contributed by atoms with Gasteiger partial charge in [-0.05, 0) is 44.9 Å². The molecule has 62 heavy (non-hydrogen) atoms. The van der Waals surface area contributed by atoms with Crippen molar-refractivity contribution in [1.29, 1.82) is 0 Å². The quantitative estimate of drug-likeness (QED) is 0.0197. The van der Waals surface area contributed by atoms with Gasteiger partial charge in [0.2, 0.25) is 0 Å². The SMILES string of the molecule is CCCCCCC/C=C\C/C=C\CCCCCCCCCCCCCCOCC(COP(=O)([O-])OCC[N+](C)(C)C)OC(=O)CCCCCCCCCCCCCCCCCC. The number of esters is 1. The maximum absolute atomic E-state index is 12.7. The number of ether oxygens (including phenoxy) is 2. The number of carbonyl (C=O) groups is 1. The monoisotopic (exact) mass is 898 g/mol. The zero-order valence-corrected chi connectivity index (χ0v) is 42.7. The van der Waals surface area contributed by atoms with E-state index in [-0.39, 0.29) is 25.8 Å². The van der Waals surface area contributed by atoms with Crippen LogP contribution in [0.5, 0.6) is 0 Å². The molecule has 0 aliphatic rings. The van der Waals surface area contributed by atoms with Crippen molar-refractivity contribution in [3.63, 3.8) is 0 Å². The normalized spacial score (nSPS) is 13.7. The van der Waals surface area contributed by atoms with Crippen molar-refractivity contribution in [3.05, 3.63) is 24.3 Å². The summed E-state index contributed by atoms with van der Waals surface area (Å²) in [4.78, 5) is 25.2. The Bertz CT molecular complexity index is 1050. The van der Waals surface area contributed by atoms with Gasteiger partial charge in [0.05, 0.1) is 34.4 Å². The number of carbonyl (C=O) groups excluding carboxylic acids is 1. The molecule has 2 atom stereocenters. The van der Waals surface area contributed by atoms with Gasteiger partial charge in [-0.1, -0.05) is 224 Å². The average molecular weight is 898 g/mol. The predicted octanol–water partition coefficient (Wildman–Crippen LogP) is 15.7. The van der Waals surface area contributed by atoms with Crippen LogP contribution < -0.4 is 4.89 Å². The summed E-state index contributed by atoms with van der Waals surface area (Å²) in [5.74, 6) is -0.329. The number of unbranched alkanes of at least 4 members (excludes halogenated alkanes) is 32. The van der Waals surface area contributed by atoms with Crippen LogP contribution in [0, 0.1) is 0 Å². The number of quaternary nitrogens is 1. The van der Waals surface area contributed by atoms with Gasteiger partial charge in [0.15, 0.2) is 0 Å². The number of rotatable bonds is 50. The van der Waals surface area contributed by atoms with Crippen molar-refractivity contribution in [2.24, 2.45) is 0 Å². The highest BCUT2D eigenvalue weighted by molar-refractivity contribution is 7.45. The molecule has 0 aromatic heterocycles. The molecule has 0 amide bonds. The minimum absolute atomic E-state index is 0.0286. The maximum Gasteiger partial charge on any atom is 0.306 e. The summed E-state index contributed by atoms with van der Waals surface area (Å²) < 4.78 is 34.8. The van der Waals surface area contributed by atoms with Gasteiger partial charge in [-0.25, -0.2) is 0 Å². The molecule has 0 rings (SSSR count). The van der Waals surface area contributed by atoms with Crippen molar-refractivity contribution in [2.45, 2.75) is 258 Å². The van der Waals surface area contributed by atoms with E-state index in [1.54, 1.807) is 0 Å². The van der Waals surface area contributed by atoms with Gasteiger partial charge in [-0.3, -0.25) is 9.36 Å². The second-order valence-electron chi connectivity index (χ2n) is 19.2. The Morgan fingerprint density at radius 1 is 0.500 bits per heavy atom. The van der Waals surface area contributed by atoms with Crippen LogP contribution in [0.25, 0.3) is 0 Å². The molecule has 8 nitrogen and oxygen atoms in total. The molecule has 0 aliphatic heterocycles. The second-order valence-corrected chi connectivity index (χ2v) is 20.7. The van der Waals surface area contributed by atoms with Crippen molar-refractivity contribution in [1.82, 2.24) is 0 Å². The fourth-order valence-electron chi connectivity index (χ4n) is 7.64. The molecule has 0 saturated heterocycles. The lowest BCUT2D eigenvalue weighted by Gasteiger charge is -2.28. The topological polar surface area (TPSA) is 94.1 Å². The van der Waals surface area contributed by atoms with Gasteiger partial charge in [-0.15, -0.1) is 0 Å². The van der Waals surface area contributed by atoms with Crippen LogP contribution in [0.15, 0.2) is 24.3 Å². The van der Waals surface area contributed by atoms with Gasteiger partial charge in [0, 0.05) is 13.0 Å². The van der Waals surface area contributed by atoms with Crippen molar-refractivity contribution in [3.8, 4) is 0 Å². The highest BCUT2D eigenvalue weighted by Crippen LogP contribution is 2.38. The molecule has 0 bridgehead atoms. The minimum atomic E-state index is -4.53. The van der Waals surface area contributed by atoms with E-state index in [0.29, 0.717) is 24.1 Å². The van der Waals surface area contributed by atoms with Crippen LogP contribution in [0.4, 0.5) is 0 Å². The molecular weight excluding hydrogens is 794 g/mol. The Morgan fingerprint density at radius 3 is 1.31 bits per heavy atom. The Balaban J connectivity index is 4.07. The van der Waals surface area contributed by atoms with E-state index in [9.17, 15) is 14.3 Å². The number of likely N-dealkylation sites (N-methyl/N-ethyl adjacent to an activating group) is 1. The first kappa shape index (κ1) is 61.0. The van der Waals surface area contributed by atoms with E-state index in [0.717, 1.165) is 38.5 Å². The lowest BCUT2D eigenvalue weighted by Crippen LogP contribution is -2.37. The average Bonchev–Trinajstić information content (AvgIpc) is 3.23. The third kappa shape index (κ3) is 50.0. The summed E-state index contributed by atoms with van der Waals surface area (Å²) in [5.41, 5.74) is 0. The van der Waals surface area contributed by atoms with Gasteiger partial charge >= 0.3 is 5.97 Å². The standard InChI is InChI=1S/C53H104NO7P/c1-6-8-10-12-14-16-18-20-22-24-25-26-27-28-29-30-31-33-35-37-39-41-43-45-48-58-50-52(51-60-62(56,57)59-49-47-54(3,4)5)61-53(55)46-44-42-40-38-36-34-32-23-21-19-17-15-13-11-9-7-2/h18,20,24-25,52H,6-17,19,21-23,26-51H2,1-5H3/b20-18-,25-24-. The van der Waals surface area contributed by atoms with E-state index in [1.807, 2.05) is 21.1 Å². The Morgan fingerprint density at radius 2 is 0.887 bits per heavy atom. The Kier molecular flexibility index (Phi) is 45.7. The lowest BCUT2D eigenvalue weighted by molar-refractivity contribution is -0.870. The van der Waals surface area contributed by atoms with E-state index in [2.05, 4.69) is 38.2 Å². The summed E-state index contributed by atoms with van der Waals surface area (Å²) in [7, 11) is 1.37. The highest BCUT2D eigenvalue weighted by atomic mass is 31.2. The summed E-state index contributed by atoms with van der Waals surface area (Å²) >= 11 is 0. The van der Waals surface area contributed by atoms with Crippen LogP contribution in [-0.2, 0) is 27.9 Å². The summed E-state index contributed by atoms with van der Waals surface area (Å²) in [5, 5.41) is 0. The van der Waals surface area contributed by atoms with Crippen molar-refractivity contribution < 1.29 is 37.3 Å². The molecule has 0 aromatic rings. The fraction of sp³-hybridized carbons (Fsp3) is 0.906. The first-order valence-corrected chi connectivity index (χ1v) is 28.0. The second kappa shape index (κ2) is 46.5. The van der Waals surface area contributed by atoms with E-state index < -0.39 is 13.9 Å². The van der Waals surface area contributed by atoms with E-state index >= 15 is 0 Å². The maximum atomic E-state index is 12.7. The summed E-state index contributed by atoms with van der Waals surface area (Å²) in [6.45, 7) is 5.45. The van der Waals surface area contributed by atoms with Crippen LogP contribution in [0.1, 0.15) is 251 Å². The zero-order chi connectivity index (χ0) is 45.5. The Labute approximate surface area is 385 Å². The van der Waals surface area contributed by atoms with Crippen LogP contribution in [0.2, 0.25) is 0 Å². The molecule has 0 heterocycles. The molecule has 9 heteroatoms. The highest BCUT2D eigenvalue weighted by Gasteiger charge is 2.20. The van der Waals surface area contributed by atoms with Gasteiger partial charge in [-0.2, -0.15) is 0 Å². The minimum Gasteiger partial charge on any atom is -0.756 e. The van der Waals surface area contributed by atoms with Gasteiger partial charge in [0.25, 0.3) is 7.82 Å². The van der Waals surface area contributed by atoms with Crippen LogP contribution in [0.3, 0.4) is 0 Å². The van der Waals surface area contributed by atoms with Crippen molar-refractivity contribution in [2.75, 3.05) is 54.1 Å². The summed E-state index contributed by atoms with van der Waals surface area (Å²) in [6, 6.07) is 0. The molecular formula is C53H104NO7P. The molecule has 0 fully saturated rings. The third-order valence-electron chi connectivity index (χ3n) is 11.8. The molecule has 0 spiro atoms. The van der Waals surface area contributed by atoms with Gasteiger partial charge in [0.1, 0.15) is 19.3 Å². The van der Waals surface area contributed by atoms with Crippen molar-refractivity contribution >= 4 is 13.8 Å². The number of hydrogen-bond donors (Lipinski definition) is 0. The van der Waals surface area contributed by atoms with E-state index in [4.69, 9.17) is 18.5 Å². The van der Waals surface area contributed by atoms with E-state index in [1.165, 1.54) is 193 Å². The number of nitrogens with zero attached hydrogens (tertiary/aromatic N) is 1. The number of allylic oxidation sites excluding steroid dienone is 4. The molecule has 0 aromatic carbocycles. The van der Waals surface area contributed by atoms with Crippen LogP contribution >= 0.6 is 7.82 Å². The third-order valence-corrected chi connectivity index (χ3v) is 12.7. The zero-order valence-electron chi connectivity index (χ0n) is 41.8. The largest absolute Gasteiger partial charge is 0.756 e. The lowest BCUT2D eigenvalue weighted by atomic mass is 10.0. The van der Waals surface area contributed by atoms with Crippen LogP contribution in [-0.4, -0.2) is 70.7 Å². The number of phosphoric acid groups is 1. The fourth-order valence-corrected chi connectivity index (χ4v) is 8.37. The Hall–Kier alpha value is -1.02. The predicted molar refractivity (Wildman–Crippen MR) is 264 cm³/mol. The molecule has 0 radical (unpaired) electrons. The first-order valence-electron chi connectivity index (χ1n) is 26.6. The number of phosphoric ester groups is 1. The molecule has 0 aliphatic carbocycles. The molecule has 0 saturated carbocycles. The molecule has 0 N–H and O–H groups in total. The molecule has 2 unspecified atom stereocenters. The number of hydrogen-bond acceptors (Lipinski definition) is 7. The molecule has 368 valence electrons. The smallest absolute Gasteiger partial charge is 0.306 e. The summed E-state index contributed by atoms with van der Waals surface area (Å²) in [6.07, 6.45) is 54.9. The van der Waals surface area contributed by atoms with Gasteiger partial charge < -0.3 is 27.9 Å². The first-order chi connectivity index (χ1) is 30.1.